The summed E-state index contributed by atoms with van der Waals surface area (Å²) in [5, 5.41) is 23.8. The van der Waals surface area contributed by atoms with E-state index in [2.05, 4.69) is 5.32 Å². The molecule has 2 saturated carbocycles. The van der Waals surface area contributed by atoms with Gasteiger partial charge in [-0.2, -0.15) is 0 Å². The van der Waals surface area contributed by atoms with E-state index in [1.54, 1.807) is 23.1 Å². The monoisotopic (exact) mass is 642 g/mol. The molecule has 0 radical (unpaired) electrons. The average Bonchev–Trinajstić information content (AvgIpc) is 3.74. The second-order valence-corrected chi connectivity index (χ2v) is 13.0. The van der Waals surface area contributed by atoms with Crippen LogP contribution < -0.4 is 21.1 Å². The van der Waals surface area contributed by atoms with Gasteiger partial charge in [0.15, 0.2) is 0 Å². The number of nitrogens with two attached hydrogens (primary N) is 1. The Morgan fingerprint density at radius 3 is 2.70 bits per heavy atom. The van der Waals surface area contributed by atoms with Gasteiger partial charge in [0.25, 0.3) is 5.91 Å². The van der Waals surface area contributed by atoms with Crippen molar-refractivity contribution in [1.82, 2.24) is 15.5 Å². The number of carbonyl (C=O) groups excluding carboxylic acids is 3. The van der Waals surface area contributed by atoms with Gasteiger partial charge < -0.3 is 35.7 Å². The molecule has 12 nitrogen and oxygen atoms in total. The second-order valence-electron chi connectivity index (χ2n) is 11.3. The molecule has 14 heteroatoms. The topological polar surface area (TPSA) is 184 Å². The number of phenols is 1. The number of carbonyl (C=O) groups is 4. The molecule has 0 spiro atoms. The number of hydrogen-bond donors (Lipinski definition) is 5. The van der Waals surface area contributed by atoms with Crippen LogP contribution in [0.2, 0.25) is 0 Å². The Morgan fingerprint density at radius 1 is 1.25 bits per heavy atom. The number of benzene rings is 1. The summed E-state index contributed by atoms with van der Waals surface area (Å²) < 4.78 is 12.1. The van der Waals surface area contributed by atoms with Gasteiger partial charge in [-0.15, -0.1) is 0 Å². The number of primary amides is 1. The predicted octanol–water partition coefficient (Wildman–Crippen LogP) is 3.61. The lowest BCUT2D eigenvalue weighted by Crippen LogP contribution is -2.48. The molecule has 1 aromatic carbocycles. The molecule has 4 atom stereocenters. The summed E-state index contributed by atoms with van der Waals surface area (Å²) in [6, 6.07) is 5.37. The molecule has 3 aliphatic rings. The molecule has 1 saturated heterocycles. The number of nitrogens with one attached hydrogen (secondary N) is 2. The van der Waals surface area contributed by atoms with Crippen LogP contribution >= 0.6 is 24.0 Å². The molecule has 2 bridgehead atoms. The van der Waals surface area contributed by atoms with E-state index in [0.717, 1.165) is 24.8 Å². The summed E-state index contributed by atoms with van der Waals surface area (Å²) >= 11 is 6.90. The number of amides is 4. The van der Waals surface area contributed by atoms with Crippen molar-refractivity contribution in [3.05, 3.63) is 40.5 Å². The highest BCUT2D eigenvalue weighted by Crippen LogP contribution is 2.49. The number of furan rings is 1. The summed E-state index contributed by atoms with van der Waals surface area (Å²) in [5.74, 6) is 0.851. The minimum atomic E-state index is -1.45. The molecular formula is C30H34N4O8S2. The third kappa shape index (κ3) is 7.02. The Morgan fingerprint density at radius 2 is 2.05 bits per heavy atom. The molecule has 1 aliphatic heterocycles. The van der Waals surface area contributed by atoms with E-state index in [0.29, 0.717) is 56.7 Å². The number of ether oxygens (including phenoxy) is 1. The first kappa shape index (κ1) is 31.4. The van der Waals surface area contributed by atoms with Crippen LogP contribution in [0.3, 0.4) is 0 Å². The van der Waals surface area contributed by atoms with Crippen molar-refractivity contribution in [2.24, 2.45) is 17.6 Å². The number of phenolic OH excluding ortho intramolecular Hbond substituents is 1. The van der Waals surface area contributed by atoms with Gasteiger partial charge in [0, 0.05) is 30.3 Å². The second kappa shape index (κ2) is 13.3. The van der Waals surface area contributed by atoms with Crippen LogP contribution in [-0.4, -0.2) is 69.0 Å². The Hall–Kier alpha value is -4.04. The Bertz CT molecular complexity index is 1510. The number of aromatic hydroxyl groups is 1. The molecule has 2 aliphatic carbocycles. The SMILES string of the molecule is COc1cc(O)cc(-c2cc(CCCNC(=O)[C@H](CC(N)=O)NC(=O)O)c(C=C3SC(=S)N(C4CC5CCC4C5)C3=O)o2)c1. The van der Waals surface area contributed by atoms with Crippen molar-refractivity contribution in [3.8, 4) is 22.8 Å². The minimum Gasteiger partial charge on any atom is -0.508 e. The Kier molecular flexibility index (Phi) is 9.49. The quantitative estimate of drug-likeness (QED) is 0.130. The van der Waals surface area contributed by atoms with Crippen molar-refractivity contribution in [1.29, 1.82) is 0 Å². The van der Waals surface area contributed by atoms with Crippen LogP contribution in [0.15, 0.2) is 33.6 Å². The third-order valence-electron chi connectivity index (χ3n) is 8.31. The number of thioether (sulfide) groups is 1. The molecular weight excluding hydrogens is 608 g/mol. The van der Waals surface area contributed by atoms with Gasteiger partial charge >= 0.3 is 6.09 Å². The zero-order valence-corrected chi connectivity index (χ0v) is 25.7. The molecule has 3 fully saturated rings. The van der Waals surface area contributed by atoms with E-state index in [9.17, 15) is 24.3 Å². The number of aryl methyl sites for hydroxylation is 1. The molecule has 1 aromatic heterocycles. The fraction of sp³-hybridized carbons (Fsp3) is 0.433. The first-order chi connectivity index (χ1) is 21.0. The Balaban J connectivity index is 1.35. The maximum atomic E-state index is 13.6. The maximum absolute atomic E-state index is 13.6. The van der Waals surface area contributed by atoms with Gasteiger partial charge in [0.05, 0.1) is 18.4 Å². The fourth-order valence-corrected chi connectivity index (χ4v) is 7.68. The molecule has 4 amide bonds. The summed E-state index contributed by atoms with van der Waals surface area (Å²) in [6.07, 6.45) is 5.09. The molecule has 2 heterocycles. The van der Waals surface area contributed by atoms with E-state index in [-0.39, 0.29) is 24.2 Å². The lowest BCUT2D eigenvalue weighted by atomic mass is 9.94. The van der Waals surface area contributed by atoms with E-state index in [4.69, 9.17) is 32.2 Å². The van der Waals surface area contributed by atoms with Gasteiger partial charge in [-0.1, -0.05) is 30.4 Å². The number of rotatable bonds is 12. The summed E-state index contributed by atoms with van der Waals surface area (Å²) in [7, 11) is 1.49. The summed E-state index contributed by atoms with van der Waals surface area (Å²) in [4.78, 5) is 50.6. The van der Waals surface area contributed by atoms with Crippen LogP contribution in [-0.2, 0) is 20.8 Å². The maximum Gasteiger partial charge on any atom is 0.405 e. The van der Waals surface area contributed by atoms with E-state index in [1.165, 1.54) is 37.4 Å². The van der Waals surface area contributed by atoms with Gasteiger partial charge in [-0.05, 0) is 67.7 Å². The first-order valence-corrected chi connectivity index (χ1v) is 15.6. The Labute approximate surface area is 263 Å². The van der Waals surface area contributed by atoms with Gasteiger partial charge in [0.2, 0.25) is 11.8 Å². The smallest absolute Gasteiger partial charge is 0.405 e. The number of carboxylic acid groups (broad SMARTS) is 1. The number of thiocarbonyl (C=S) groups is 1. The van der Waals surface area contributed by atoms with E-state index >= 15 is 0 Å². The minimum absolute atomic E-state index is 0.00576. The molecule has 3 unspecified atom stereocenters. The van der Waals surface area contributed by atoms with Gasteiger partial charge in [-0.3, -0.25) is 19.3 Å². The average molecular weight is 643 g/mol. The fourth-order valence-electron chi connectivity index (χ4n) is 6.33. The third-order valence-corrected chi connectivity index (χ3v) is 9.64. The number of hydrogen-bond acceptors (Lipinski definition) is 9. The van der Waals surface area contributed by atoms with E-state index < -0.39 is 30.4 Å². The number of fused-ring (bicyclic) bond motifs is 2. The highest BCUT2D eigenvalue weighted by atomic mass is 32.2. The highest BCUT2D eigenvalue weighted by Gasteiger charge is 2.48. The normalized spacial score (nSPS) is 22.4. The molecule has 2 aromatic rings. The standard InChI is InChI=1S/C30H34N4O8S2/c1-41-20-10-18(9-19(35)12-20)23-11-17(3-2-6-32-27(37)21(13-26(31)36)33-29(39)40)24(42-23)14-25-28(38)34(30(43)44-25)22-8-15-4-5-16(22)7-15/h9-12,14-16,21-22,33,35H,2-8,13H2,1H3,(H2,31,36)(H,32,37)(H,39,40)/t15?,16?,21-,22?/m0/s1. The van der Waals surface area contributed by atoms with Crippen molar-refractivity contribution in [3.63, 3.8) is 0 Å². The van der Waals surface area contributed by atoms with Crippen molar-refractivity contribution in [2.45, 2.75) is 57.0 Å². The van der Waals surface area contributed by atoms with E-state index in [1.807, 2.05) is 5.32 Å². The van der Waals surface area contributed by atoms with Crippen LogP contribution in [0.1, 0.15) is 49.8 Å². The van der Waals surface area contributed by atoms with Crippen LogP contribution in [0.4, 0.5) is 4.79 Å². The van der Waals surface area contributed by atoms with Crippen LogP contribution in [0.25, 0.3) is 17.4 Å². The van der Waals surface area contributed by atoms with Gasteiger partial charge in [0.1, 0.15) is 33.4 Å². The zero-order chi connectivity index (χ0) is 31.5. The zero-order valence-electron chi connectivity index (χ0n) is 24.0. The molecule has 5 rings (SSSR count). The summed E-state index contributed by atoms with van der Waals surface area (Å²) in [5.41, 5.74) is 6.47. The lowest BCUT2D eigenvalue weighted by molar-refractivity contribution is -0.127. The highest BCUT2D eigenvalue weighted by molar-refractivity contribution is 8.26. The van der Waals surface area contributed by atoms with Crippen molar-refractivity contribution in [2.75, 3.05) is 13.7 Å². The van der Waals surface area contributed by atoms with Crippen LogP contribution in [0, 0.1) is 11.8 Å². The predicted molar refractivity (Wildman–Crippen MR) is 167 cm³/mol. The van der Waals surface area contributed by atoms with Crippen molar-refractivity contribution < 1.29 is 38.5 Å². The van der Waals surface area contributed by atoms with Gasteiger partial charge in [-0.25, -0.2) is 4.79 Å². The van der Waals surface area contributed by atoms with Crippen LogP contribution in [0.5, 0.6) is 11.5 Å². The largest absolute Gasteiger partial charge is 0.508 e. The lowest BCUT2D eigenvalue weighted by Gasteiger charge is -2.30. The summed E-state index contributed by atoms with van der Waals surface area (Å²) in [6.45, 7) is 0.168. The molecule has 44 heavy (non-hydrogen) atoms. The molecule has 234 valence electrons. The van der Waals surface area contributed by atoms with Crippen molar-refractivity contribution >= 4 is 58.2 Å². The molecule has 6 N–H and O–H groups in total. The first-order valence-electron chi connectivity index (χ1n) is 14.4. The number of nitrogens with zero attached hydrogens (tertiary/aromatic N) is 1. The number of methoxy groups -OCH3 is 1.